The van der Waals surface area contributed by atoms with Crippen molar-refractivity contribution in [3.8, 4) is 0 Å². The minimum Gasteiger partial charge on any atom is -0.335 e. The summed E-state index contributed by atoms with van der Waals surface area (Å²) in [4.78, 5) is 11.8. The molecular formula is C13H16N4O. The van der Waals surface area contributed by atoms with Crippen molar-refractivity contribution in [2.24, 2.45) is 0 Å². The number of rotatable bonds is 2. The van der Waals surface area contributed by atoms with Crippen LogP contribution in [0, 0.1) is 0 Å². The summed E-state index contributed by atoms with van der Waals surface area (Å²) < 4.78 is 0. The SMILES string of the molecule is O=C(Nc1n[nH]c2ccccc12)NC1CCCC1. The summed E-state index contributed by atoms with van der Waals surface area (Å²) in [6, 6.07) is 7.88. The second-order valence-electron chi connectivity index (χ2n) is 4.70. The predicted molar refractivity (Wildman–Crippen MR) is 70.5 cm³/mol. The molecule has 0 unspecified atom stereocenters. The van der Waals surface area contributed by atoms with E-state index in [4.69, 9.17) is 0 Å². The fourth-order valence-electron chi connectivity index (χ4n) is 2.46. The number of aromatic nitrogens is 2. The zero-order chi connectivity index (χ0) is 12.4. The molecule has 1 fully saturated rings. The predicted octanol–water partition coefficient (Wildman–Crippen LogP) is 2.63. The highest BCUT2D eigenvalue weighted by Crippen LogP contribution is 2.20. The first-order chi connectivity index (χ1) is 8.83. The van der Waals surface area contributed by atoms with Crippen LogP contribution in [0.15, 0.2) is 24.3 Å². The fourth-order valence-corrected chi connectivity index (χ4v) is 2.46. The zero-order valence-electron chi connectivity index (χ0n) is 10.1. The number of carbonyl (C=O) groups is 1. The van der Waals surface area contributed by atoms with Gasteiger partial charge in [-0.05, 0) is 25.0 Å². The number of para-hydroxylation sites is 1. The second-order valence-corrected chi connectivity index (χ2v) is 4.70. The first-order valence-electron chi connectivity index (χ1n) is 6.33. The Hall–Kier alpha value is -2.04. The second kappa shape index (κ2) is 4.68. The maximum atomic E-state index is 11.8. The summed E-state index contributed by atoms with van der Waals surface area (Å²) in [5.74, 6) is 0.584. The van der Waals surface area contributed by atoms with Gasteiger partial charge in [0.2, 0.25) is 0 Å². The lowest BCUT2D eigenvalue weighted by Crippen LogP contribution is -2.36. The zero-order valence-corrected chi connectivity index (χ0v) is 10.1. The lowest BCUT2D eigenvalue weighted by atomic mass is 10.2. The number of urea groups is 1. The molecule has 0 radical (unpaired) electrons. The third-order valence-electron chi connectivity index (χ3n) is 3.39. The molecule has 1 aliphatic rings. The third-order valence-corrected chi connectivity index (χ3v) is 3.39. The molecule has 1 aliphatic carbocycles. The van der Waals surface area contributed by atoms with Crippen molar-refractivity contribution in [3.63, 3.8) is 0 Å². The van der Waals surface area contributed by atoms with E-state index in [2.05, 4.69) is 20.8 Å². The summed E-state index contributed by atoms with van der Waals surface area (Å²) in [5, 5.41) is 13.7. The summed E-state index contributed by atoms with van der Waals surface area (Å²) in [7, 11) is 0. The van der Waals surface area contributed by atoms with Crippen molar-refractivity contribution in [2.45, 2.75) is 31.7 Å². The standard InChI is InChI=1S/C13H16N4O/c18-13(14-9-5-1-2-6-9)15-12-10-7-3-4-8-11(10)16-17-12/h3-4,7-9H,1-2,5-6H2,(H3,14,15,16,17,18). The number of nitrogens with zero attached hydrogens (tertiary/aromatic N) is 1. The van der Waals surface area contributed by atoms with Gasteiger partial charge in [0.05, 0.1) is 5.52 Å². The summed E-state index contributed by atoms with van der Waals surface area (Å²) >= 11 is 0. The molecule has 1 aromatic heterocycles. The number of anilines is 1. The van der Waals surface area contributed by atoms with Crippen molar-refractivity contribution >= 4 is 22.8 Å². The van der Waals surface area contributed by atoms with Crippen LogP contribution in [0.4, 0.5) is 10.6 Å². The Bertz CT molecular complexity index is 557. The molecule has 18 heavy (non-hydrogen) atoms. The third kappa shape index (κ3) is 2.16. The van der Waals surface area contributed by atoms with E-state index in [0.717, 1.165) is 23.7 Å². The van der Waals surface area contributed by atoms with Crippen LogP contribution in [0.5, 0.6) is 0 Å². The molecule has 94 valence electrons. The largest absolute Gasteiger partial charge is 0.335 e. The van der Waals surface area contributed by atoms with Gasteiger partial charge in [-0.3, -0.25) is 10.4 Å². The molecule has 0 bridgehead atoms. The van der Waals surface area contributed by atoms with Crippen molar-refractivity contribution in [2.75, 3.05) is 5.32 Å². The van der Waals surface area contributed by atoms with E-state index < -0.39 is 0 Å². The van der Waals surface area contributed by atoms with Gasteiger partial charge in [0.15, 0.2) is 5.82 Å². The highest BCUT2D eigenvalue weighted by atomic mass is 16.2. The van der Waals surface area contributed by atoms with Gasteiger partial charge in [0.25, 0.3) is 0 Å². The smallest absolute Gasteiger partial charge is 0.320 e. The Labute approximate surface area is 105 Å². The van der Waals surface area contributed by atoms with E-state index in [1.165, 1.54) is 12.8 Å². The van der Waals surface area contributed by atoms with Crippen LogP contribution in [0.25, 0.3) is 10.9 Å². The van der Waals surface area contributed by atoms with E-state index in [1.54, 1.807) is 0 Å². The molecule has 3 rings (SSSR count). The highest BCUT2D eigenvalue weighted by molar-refractivity contribution is 5.98. The number of nitrogens with one attached hydrogen (secondary N) is 3. The number of hydrogen-bond acceptors (Lipinski definition) is 2. The molecular weight excluding hydrogens is 228 g/mol. The van der Waals surface area contributed by atoms with Gasteiger partial charge in [-0.15, -0.1) is 0 Å². The van der Waals surface area contributed by atoms with Crippen LogP contribution in [0.3, 0.4) is 0 Å². The van der Waals surface area contributed by atoms with Crippen LogP contribution in [-0.2, 0) is 0 Å². The van der Waals surface area contributed by atoms with Crippen molar-refractivity contribution in [3.05, 3.63) is 24.3 Å². The van der Waals surface area contributed by atoms with Gasteiger partial charge in [-0.1, -0.05) is 25.0 Å². The number of amides is 2. The quantitative estimate of drug-likeness (QED) is 0.760. The molecule has 1 saturated carbocycles. The number of hydrogen-bond donors (Lipinski definition) is 3. The number of benzene rings is 1. The monoisotopic (exact) mass is 244 g/mol. The Morgan fingerprint density at radius 3 is 2.89 bits per heavy atom. The summed E-state index contributed by atoms with van der Waals surface area (Å²) in [6.07, 6.45) is 4.57. The van der Waals surface area contributed by atoms with Gasteiger partial charge >= 0.3 is 6.03 Å². The normalized spacial score (nSPS) is 16.0. The Kier molecular flexibility index (Phi) is 2.88. The van der Waals surface area contributed by atoms with Crippen molar-refractivity contribution in [1.82, 2.24) is 15.5 Å². The summed E-state index contributed by atoms with van der Waals surface area (Å²) in [5.41, 5.74) is 0.925. The van der Waals surface area contributed by atoms with Gasteiger partial charge in [0.1, 0.15) is 0 Å². The first-order valence-corrected chi connectivity index (χ1v) is 6.33. The van der Waals surface area contributed by atoms with Crippen LogP contribution in [0.2, 0.25) is 0 Å². The van der Waals surface area contributed by atoms with E-state index in [0.29, 0.717) is 11.9 Å². The Morgan fingerprint density at radius 2 is 2.06 bits per heavy atom. The van der Waals surface area contributed by atoms with Crippen LogP contribution in [0.1, 0.15) is 25.7 Å². The van der Waals surface area contributed by atoms with E-state index in [9.17, 15) is 4.79 Å². The molecule has 2 aromatic rings. The van der Waals surface area contributed by atoms with E-state index in [-0.39, 0.29) is 6.03 Å². The fraction of sp³-hybridized carbons (Fsp3) is 0.385. The average molecular weight is 244 g/mol. The number of H-pyrrole nitrogens is 1. The molecule has 2 amide bonds. The minimum atomic E-state index is -0.167. The first kappa shape index (κ1) is 11.1. The lowest BCUT2D eigenvalue weighted by molar-refractivity contribution is 0.248. The van der Waals surface area contributed by atoms with Crippen molar-refractivity contribution in [1.29, 1.82) is 0 Å². The number of aromatic amines is 1. The van der Waals surface area contributed by atoms with Crippen LogP contribution in [-0.4, -0.2) is 22.3 Å². The summed E-state index contributed by atoms with van der Waals surface area (Å²) in [6.45, 7) is 0. The molecule has 0 saturated heterocycles. The van der Waals surface area contributed by atoms with Crippen molar-refractivity contribution < 1.29 is 4.79 Å². The van der Waals surface area contributed by atoms with E-state index in [1.807, 2.05) is 24.3 Å². The molecule has 5 heteroatoms. The number of fused-ring (bicyclic) bond motifs is 1. The maximum absolute atomic E-state index is 11.8. The van der Waals surface area contributed by atoms with Gasteiger partial charge in [0, 0.05) is 11.4 Å². The van der Waals surface area contributed by atoms with Gasteiger partial charge < -0.3 is 5.32 Å². The molecule has 0 spiro atoms. The van der Waals surface area contributed by atoms with Gasteiger partial charge in [-0.2, -0.15) is 5.10 Å². The average Bonchev–Trinajstić information content (AvgIpc) is 3.00. The molecule has 3 N–H and O–H groups in total. The minimum absolute atomic E-state index is 0.167. The number of carbonyl (C=O) groups excluding carboxylic acids is 1. The molecule has 5 nitrogen and oxygen atoms in total. The van der Waals surface area contributed by atoms with Crippen LogP contribution < -0.4 is 10.6 Å². The van der Waals surface area contributed by atoms with Gasteiger partial charge in [-0.25, -0.2) is 4.79 Å². The van der Waals surface area contributed by atoms with Crippen LogP contribution >= 0.6 is 0 Å². The molecule has 1 aromatic carbocycles. The maximum Gasteiger partial charge on any atom is 0.320 e. The highest BCUT2D eigenvalue weighted by Gasteiger charge is 2.17. The Morgan fingerprint density at radius 1 is 1.28 bits per heavy atom. The topological polar surface area (TPSA) is 69.8 Å². The molecule has 1 heterocycles. The lowest BCUT2D eigenvalue weighted by Gasteiger charge is -2.11. The molecule has 0 aliphatic heterocycles. The molecule has 0 atom stereocenters. The van der Waals surface area contributed by atoms with E-state index >= 15 is 0 Å². The Balaban J connectivity index is 1.70.